The molecule has 1 atom stereocenters. The lowest BCUT2D eigenvalue weighted by Crippen LogP contribution is -2.16. The van der Waals surface area contributed by atoms with Gasteiger partial charge in [-0.3, -0.25) is 0 Å². The first-order valence-electron chi connectivity index (χ1n) is 5.94. The molecule has 0 radical (unpaired) electrons. The molecule has 1 heterocycles. The Kier molecular flexibility index (Phi) is 5.26. The van der Waals surface area contributed by atoms with E-state index in [2.05, 4.69) is 44.1 Å². The third-order valence-electron chi connectivity index (χ3n) is 2.68. The smallest absolute Gasteiger partial charge is 0.131 e. The topological polar surface area (TPSA) is 34.2 Å². The van der Waals surface area contributed by atoms with Crippen LogP contribution in [0.4, 0.5) is 5.82 Å². The van der Waals surface area contributed by atoms with Crippen LogP contribution >= 0.6 is 0 Å². The molecule has 3 heteroatoms. The van der Waals surface area contributed by atoms with Crippen molar-refractivity contribution in [3.05, 3.63) is 23.9 Å². The zero-order chi connectivity index (χ0) is 12.0. The quantitative estimate of drug-likeness (QED) is 0.803. The molecule has 1 aromatic rings. The molecule has 3 nitrogen and oxygen atoms in total. The fraction of sp³-hybridized carbons (Fsp3) is 0.615. The van der Waals surface area contributed by atoms with Crippen LogP contribution in [-0.2, 0) is 11.3 Å². The second kappa shape index (κ2) is 6.48. The van der Waals surface area contributed by atoms with Crippen molar-refractivity contribution in [3.63, 3.8) is 0 Å². The minimum Gasteiger partial charge on any atom is -0.373 e. The Hall–Kier alpha value is -1.09. The molecule has 0 aromatic carbocycles. The lowest BCUT2D eigenvalue weighted by atomic mass is 10.1. The molecule has 1 unspecified atom stereocenters. The van der Waals surface area contributed by atoms with Gasteiger partial charge in [0.1, 0.15) is 5.82 Å². The van der Waals surface area contributed by atoms with Gasteiger partial charge in [0, 0.05) is 18.3 Å². The zero-order valence-corrected chi connectivity index (χ0v) is 10.7. The highest BCUT2D eigenvalue weighted by Gasteiger charge is 2.09. The van der Waals surface area contributed by atoms with Crippen molar-refractivity contribution in [2.24, 2.45) is 5.92 Å². The number of nitrogens with one attached hydrogen (secondary N) is 1. The molecular weight excluding hydrogens is 200 g/mol. The van der Waals surface area contributed by atoms with Crippen LogP contribution in [0.25, 0.3) is 0 Å². The van der Waals surface area contributed by atoms with Crippen molar-refractivity contribution < 1.29 is 4.74 Å². The summed E-state index contributed by atoms with van der Waals surface area (Å²) in [4.78, 5) is 4.30. The Morgan fingerprint density at radius 1 is 1.38 bits per heavy atom. The van der Waals surface area contributed by atoms with E-state index in [1.807, 2.05) is 6.07 Å². The van der Waals surface area contributed by atoms with E-state index >= 15 is 0 Å². The van der Waals surface area contributed by atoms with Crippen LogP contribution < -0.4 is 5.32 Å². The van der Waals surface area contributed by atoms with E-state index in [-0.39, 0.29) is 6.10 Å². The number of pyridine rings is 1. The van der Waals surface area contributed by atoms with E-state index in [9.17, 15) is 0 Å². The third-order valence-corrected chi connectivity index (χ3v) is 2.68. The average Bonchev–Trinajstić information content (AvgIpc) is 2.27. The Morgan fingerprint density at radius 2 is 2.12 bits per heavy atom. The van der Waals surface area contributed by atoms with Gasteiger partial charge in [-0.1, -0.05) is 19.9 Å². The molecule has 1 N–H and O–H groups in total. The lowest BCUT2D eigenvalue weighted by Gasteiger charge is -2.17. The maximum atomic E-state index is 5.80. The average molecular weight is 222 g/mol. The minimum absolute atomic E-state index is 0.273. The number of nitrogens with zero attached hydrogens (tertiary/aromatic N) is 1. The number of hydrogen-bond acceptors (Lipinski definition) is 3. The summed E-state index contributed by atoms with van der Waals surface area (Å²) in [5, 5.41) is 3.24. The highest BCUT2D eigenvalue weighted by atomic mass is 16.5. The molecule has 1 aromatic heterocycles. The summed E-state index contributed by atoms with van der Waals surface area (Å²) in [6, 6.07) is 4.00. The molecule has 0 saturated heterocycles. The predicted octanol–water partition coefficient (Wildman–Crippen LogP) is 3.07. The summed E-state index contributed by atoms with van der Waals surface area (Å²) in [5.41, 5.74) is 1.12. The molecule has 1 rings (SSSR count). The van der Waals surface area contributed by atoms with E-state index < -0.39 is 0 Å². The Balaban J connectivity index is 2.58. The monoisotopic (exact) mass is 222 g/mol. The Labute approximate surface area is 98.2 Å². The standard InChI is InChI=1S/C13H22N2O/c1-5-14-13-12(7-6-8-15-13)9-16-11(4)10(2)3/h6-8,10-11H,5,9H2,1-4H3,(H,14,15). The number of ether oxygens (including phenoxy) is 1. The summed E-state index contributed by atoms with van der Waals surface area (Å²) < 4.78 is 5.80. The van der Waals surface area contributed by atoms with Crippen LogP contribution in [0.5, 0.6) is 0 Å². The van der Waals surface area contributed by atoms with Gasteiger partial charge in [0.05, 0.1) is 12.7 Å². The summed E-state index contributed by atoms with van der Waals surface area (Å²) in [6.07, 6.45) is 2.07. The van der Waals surface area contributed by atoms with E-state index in [0.717, 1.165) is 17.9 Å². The van der Waals surface area contributed by atoms with Crippen molar-refractivity contribution in [1.82, 2.24) is 4.98 Å². The van der Waals surface area contributed by atoms with Crippen molar-refractivity contribution >= 4 is 5.82 Å². The van der Waals surface area contributed by atoms with Crippen molar-refractivity contribution in [3.8, 4) is 0 Å². The second-order valence-electron chi connectivity index (χ2n) is 4.30. The molecule has 0 bridgehead atoms. The maximum absolute atomic E-state index is 5.80. The van der Waals surface area contributed by atoms with E-state index in [1.54, 1.807) is 6.20 Å². The first-order chi connectivity index (χ1) is 7.65. The highest BCUT2D eigenvalue weighted by molar-refractivity contribution is 5.42. The lowest BCUT2D eigenvalue weighted by molar-refractivity contribution is 0.0237. The van der Waals surface area contributed by atoms with E-state index in [0.29, 0.717) is 12.5 Å². The molecule has 0 saturated carbocycles. The summed E-state index contributed by atoms with van der Waals surface area (Å²) >= 11 is 0. The van der Waals surface area contributed by atoms with Gasteiger partial charge in [-0.15, -0.1) is 0 Å². The van der Waals surface area contributed by atoms with Crippen LogP contribution in [0.1, 0.15) is 33.3 Å². The van der Waals surface area contributed by atoms with E-state index in [1.165, 1.54) is 0 Å². The van der Waals surface area contributed by atoms with Crippen LogP contribution in [0.3, 0.4) is 0 Å². The molecule has 0 fully saturated rings. The summed E-state index contributed by atoms with van der Waals surface area (Å²) in [7, 11) is 0. The largest absolute Gasteiger partial charge is 0.373 e. The predicted molar refractivity (Wildman–Crippen MR) is 67.5 cm³/mol. The normalized spacial score (nSPS) is 12.8. The first kappa shape index (κ1) is 13.0. The van der Waals surface area contributed by atoms with Gasteiger partial charge in [-0.25, -0.2) is 4.98 Å². The summed E-state index contributed by atoms with van der Waals surface area (Å²) in [5.74, 6) is 1.47. The number of rotatable bonds is 6. The number of anilines is 1. The van der Waals surface area contributed by atoms with Gasteiger partial charge >= 0.3 is 0 Å². The van der Waals surface area contributed by atoms with Gasteiger partial charge in [0.2, 0.25) is 0 Å². The van der Waals surface area contributed by atoms with Gasteiger partial charge < -0.3 is 10.1 Å². The zero-order valence-electron chi connectivity index (χ0n) is 10.7. The summed E-state index contributed by atoms with van der Waals surface area (Å²) in [6.45, 7) is 10.0. The van der Waals surface area contributed by atoms with Gasteiger partial charge in [0.15, 0.2) is 0 Å². The number of aromatic nitrogens is 1. The van der Waals surface area contributed by atoms with Crippen LogP contribution in [0.15, 0.2) is 18.3 Å². The second-order valence-corrected chi connectivity index (χ2v) is 4.30. The molecule has 16 heavy (non-hydrogen) atoms. The number of hydrogen-bond donors (Lipinski definition) is 1. The molecule has 0 amide bonds. The van der Waals surface area contributed by atoms with Crippen molar-refractivity contribution in [2.45, 2.75) is 40.4 Å². The fourth-order valence-electron chi connectivity index (χ4n) is 1.30. The first-order valence-corrected chi connectivity index (χ1v) is 5.94. The fourth-order valence-corrected chi connectivity index (χ4v) is 1.30. The molecular formula is C13H22N2O. The molecule has 0 aliphatic carbocycles. The molecule has 0 aliphatic heterocycles. The Morgan fingerprint density at radius 3 is 2.75 bits per heavy atom. The maximum Gasteiger partial charge on any atom is 0.131 e. The van der Waals surface area contributed by atoms with Crippen molar-refractivity contribution in [1.29, 1.82) is 0 Å². The van der Waals surface area contributed by atoms with Crippen LogP contribution in [-0.4, -0.2) is 17.6 Å². The molecule has 0 spiro atoms. The van der Waals surface area contributed by atoms with E-state index in [4.69, 9.17) is 4.74 Å². The van der Waals surface area contributed by atoms with Gasteiger partial charge in [-0.2, -0.15) is 0 Å². The Bertz CT molecular complexity index is 313. The van der Waals surface area contributed by atoms with Crippen LogP contribution in [0, 0.1) is 5.92 Å². The van der Waals surface area contributed by atoms with Gasteiger partial charge in [0.25, 0.3) is 0 Å². The molecule has 0 aliphatic rings. The van der Waals surface area contributed by atoms with Gasteiger partial charge in [-0.05, 0) is 25.8 Å². The molecule has 90 valence electrons. The van der Waals surface area contributed by atoms with Crippen molar-refractivity contribution in [2.75, 3.05) is 11.9 Å². The van der Waals surface area contributed by atoms with Crippen LogP contribution in [0.2, 0.25) is 0 Å². The SMILES string of the molecule is CCNc1ncccc1COC(C)C(C)C. The third kappa shape index (κ3) is 3.81. The minimum atomic E-state index is 0.273. The highest BCUT2D eigenvalue weighted by Crippen LogP contribution is 2.15.